The van der Waals surface area contributed by atoms with Crippen molar-refractivity contribution in [2.75, 3.05) is 18.6 Å². The van der Waals surface area contributed by atoms with Gasteiger partial charge in [0.25, 0.3) is 0 Å². The van der Waals surface area contributed by atoms with Gasteiger partial charge in [0.2, 0.25) is 0 Å². The van der Waals surface area contributed by atoms with Crippen molar-refractivity contribution < 1.29 is 8.42 Å². The number of nitrogens with zero attached hydrogens (tertiary/aromatic N) is 1. The van der Waals surface area contributed by atoms with Gasteiger partial charge in [-0.3, -0.25) is 0 Å². The summed E-state index contributed by atoms with van der Waals surface area (Å²) in [5.74, 6) is 0. The summed E-state index contributed by atoms with van der Waals surface area (Å²) in [5, 5.41) is 2.95. The lowest BCUT2D eigenvalue weighted by Crippen LogP contribution is -2.00. The van der Waals surface area contributed by atoms with Crippen LogP contribution in [-0.4, -0.2) is 26.7 Å². The van der Waals surface area contributed by atoms with E-state index in [9.17, 15) is 8.42 Å². The van der Waals surface area contributed by atoms with Crippen LogP contribution in [0.25, 0.3) is 0 Å². The van der Waals surface area contributed by atoms with Gasteiger partial charge >= 0.3 is 0 Å². The maximum absolute atomic E-state index is 10.9. The molecule has 1 rings (SSSR count). The van der Waals surface area contributed by atoms with E-state index >= 15 is 0 Å². The highest BCUT2D eigenvalue weighted by molar-refractivity contribution is 7.90. The fourth-order valence-corrected chi connectivity index (χ4v) is 1.31. The maximum Gasteiger partial charge on any atom is 0.192 e. The second-order valence-corrected chi connectivity index (χ2v) is 4.37. The Morgan fingerprint density at radius 2 is 2.08 bits per heavy atom. The minimum atomic E-state index is -3.17. The second kappa shape index (κ2) is 3.10. The summed E-state index contributed by atoms with van der Waals surface area (Å²) in [5.41, 5.74) is 0.794. The smallest absolute Gasteiger partial charge is 0.192 e. The van der Waals surface area contributed by atoms with Crippen LogP contribution < -0.4 is 5.32 Å². The largest absolute Gasteiger partial charge is 0.387 e. The predicted octanol–water partition coefficient (Wildman–Crippen LogP) is 0.527. The van der Waals surface area contributed by atoms with E-state index in [1.54, 1.807) is 13.1 Å². The van der Waals surface area contributed by atoms with Gasteiger partial charge < -0.3 is 5.32 Å². The van der Waals surface area contributed by atoms with Crippen LogP contribution in [0.2, 0.25) is 0 Å². The molecule has 5 heteroatoms. The lowest BCUT2D eigenvalue weighted by atomic mass is 10.4. The molecule has 0 spiro atoms. The van der Waals surface area contributed by atoms with Crippen LogP contribution >= 0.6 is 0 Å². The van der Waals surface area contributed by atoms with Gasteiger partial charge in [0.05, 0.1) is 11.9 Å². The first-order chi connectivity index (χ1) is 5.54. The van der Waals surface area contributed by atoms with Gasteiger partial charge in [-0.1, -0.05) is 0 Å². The highest BCUT2D eigenvalue weighted by atomic mass is 32.2. The van der Waals surface area contributed by atoms with Crippen molar-refractivity contribution >= 4 is 15.5 Å². The van der Waals surface area contributed by atoms with Crippen molar-refractivity contribution in [3.8, 4) is 0 Å². The Hall–Kier alpha value is -1.10. The molecule has 1 aromatic rings. The number of rotatable bonds is 2. The number of anilines is 1. The molecule has 0 saturated carbocycles. The van der Waals surface area contributed by atoms with E-state index in [0.717, 1.165) is 11.9 Å². The standard InChI is InChI=1S/C7H10N2O2S/c1-8-6-3-4-7(9-5-6)12(2,10)11/h3-5,8H,1-2H3. The predicted molar refractivity (Wildman–Crippen MR) is 46.9 cm³/mol. The molecular weight excluding hydrogens is 176 g/mol. The summed E-state index contributed by atoms with van der Waals surface area (Å²) in [6, 6.07) is 3.14. The van der Waals surface area contributed by atoms with Crippen molar-refractivity contribution in [3.63, 3.8) is 0 Å². The summed E-state index contributed by atoms with van der Waals surface area (Å²) >= 11 is 0. The Labute approximate surface area is 71.6 Å². The quantitative estimate of drug-likeness (QED) is 0.731. The van der Waals surface area contributed by atoms with E-state index < -0.39 is 9.84 Å². The zero-order valence-corrected chi connectivity index (χ0v) is 7.72. The first-order valence-electron chi connectivity index (χ1n) is 3.38. The van der Waals surface area contributed by atoms with Gasteiger partial charge in [-0.2, -0.15) is 0 Å². The summed E-state index contributed by atoms with van der Waals surface area (Å²) < 4.78 is 21.9. The first-order valence-corrected chi connectivity index (χ1v) is 5.27. The van der Waals surface area contributed by atoms with Gasteiger partial charge in [-0.25, -0.2) is 13.4 Å². The fraction of sp³-hybridized carbons (Fsp3) is 0.286. The lowest BCUT2D eigenvalue weighted by molar-refractivity contribution is 0.598. The van der Waals surface area contributed by atoms with Crippen LogP contribution in [0, 0.1) is 0 Å². The summed E-state index contributed by atoms with van der Waals surface area (Å²) in [4.78, 5) is 3.77. The molecule has 0 aliphatic carbocycles. The molecule has 0 bridgehead atoms. The molecule has 0 atom stereocenters. The second-order valence-electron chi connectivity index (χ2n) is 2.41. The van der Waals surface area contributed by atoms with Crippen LogP contribution in [0.15, 0.2) is 23.4 Å². The van der Waals surface area contributed by atoms with Crippen molar-refractivity contribution in [2.45, 2.75) is 5.03 Å². The van der Waals surface area contributed by atoms with E-state index in [0.29, 0.717) is 0 Å². The third-order valence-corrected chi connectivity index (χ3v) is 2.41. The summed E-state index contributed by atoms with van der Waals surface area (Å²) in [6.45, 7) is 0. The molecule has 0 aromatic carbocycles. The Morgan fingerprint density at radius 3 is 2.42 bits per heavy atom. The number of hydrogen-bond acceptors (Lipinski definition) is 4. The van der Waals surface area contributed by atoms with Crippen LogP contribution in [0.5, 0.6) is 0 Å². The number of hydrogen-bond donors (Lipinski definition) is 1. The SMILES string of the molecule is CNc1ccc(S(C)(=O)=O)nc1. The van der Waals surface area contributed by atoms with E-state index in [2.05, 4.69) is 10.3 Å². The molecule has 1 heterocycles. The topological polar surface area (TPSA) is 59.1 Å². The monoisotopic (exact) mass is 186 g/mol. The number of aromatic nitrogens is 1. The van der Waals surface area contributed by atoms with Gasteiger partial charge in [0, 0.05) is 13.3 Å². The molecule has 0 saturated heterocycles. The van der Waals surface area contributed by atoms with Gasteiger partial charge in [0.1, 0.15) is 0 Å². The molecule has 0 radical (unpaired) electrons. The molecular formula is C7H10N2O2S. The summed E-state index contributed by atoms with van der Waals surface area (Å²) in [7, 11) is -1.42. The average Bonchev–Trinajstić information content (AvgIpc) is 2.03. The highest BCUT2D eigenvalue weighted by Gasteiger charge is 2.06. The lowest BCUT2D eigenvalue weighted by Gasteiger charge is -1.99. The fourth-order valence-electron chi connectivity index (χ4n) is 0.748. The molecule has 0 aliphatic rings. The molecule has 4 nitrogen and oxygen atoms in total. The Bertz CT molecular complexity index is 355. The van der Waals surface area contributed by atoms with Gasteiger partial charge in [-0.15, -0.1) is 0 Å². The van der Waals surface area contributed by atoms with Crippen LogP contribution in [0.4, 0.5) is 5.69 Å². The zero-order valence-electron chi connectivity index (χ0n) is 6.90. The van der Waals surface area contributed by atoms with E-state index in [-0.39, 0.29) is 5.03 Å². The van der Waals surface area contributed by atoms with E-state index in [1.807, 2.05) is 0 Å². The molecule has 1 N–H and O–H groups in total. The Balaban J connectivity index is 3.09. The number of nitrogens with one attached hydrogen (secondary N) is 1. The number of pyridine rings is 1. The maximum atomic E-state index is 10.9. The Kier molecular flexibility index (Phi) is 2.32. The van der Waals surface area contributed by atoms with Crippen molar-refractivity contribution in [2.24, 2.45) is 0 Å². The van der Waals surface area contributed by atoms with Gasteiger partial charge in [0.15, 0.2) is 14.9 Å². The van der Waals surface area contributed by atoms with Crippen LogP contribution in [0.1, 0.15) is 0 Å². The normalized spacial score (nSPS) is 11.2. The minimum Gasteiger partial charge on any atom is -0.387 e. The van der Waals surface area contributed by atoms with Crippen molar-refractivity contribution in [1.29, 1.82) is 0 Å². The molecule has 12 heavy (non-hydrogen) atoms. The molecule has 0 aliphatic heterocycles. The third kappa shape index (κ3) is 1.94. The van der Waals surface area contributed by atoms with E-state index in [4.69, 9.17) is 0 Å². The van der Waals surface area contributed by atoms with Crippen molar-refractivity contribution in [1.82, 2.24) is 4.98 Å². The number of sulfone groups is 1. The molecule has 1 aromatic heterocycles. The third-order valence-electron chi connectivity index (χ3n) is 1.40. The molecule has 0 unspecified atom stereocenters. The van der Waals surface area contributed by atoms with Gasteiger partial charge in [-0.05, 0) is 12.1 Å². The van der Waals surface area contributed by atoms with Crippen LogP contribution in [0.3, 0.4) is 0 Å². The Morgan fingerprint density at radius 1 is 1.42 bits per heavy atom. The first kappa shape index (κ1) is 8.99. The van der Waals surface area contributed by atoms with Crippen LogP contribution in [-0.2, 0) is 9.84 Å². The molecule has 0 fully saturated rings. The zero-order chi connectivity index (χ0) is 9.19. The molecule has 66 valence electrons. The van der Waals surface area contributed by atoms with Crippen molar-refractivity contribution in [3.05, 3.63) is 18.3 Å². The minimum absolute atomic E-state index is 0.0986. The summed E-state index contributed by atoms with van der Waals surface area (Å²) in [6.07, 6.45) is 2.62. The van der Waals surface area contributed by atoms with E-state index in [1.165, 1.54) is 12.3 Å². The average molecular weight is 186 g/mol. The highest BCUT2D eigenvalue weighted by Crippen LogP contribution is 2.08. The molecule has 0 amide bonds.